The van der Waals surface area contributed by atoms with E-state index in [2.05, 4.69) is 6.07 Å². The monoisotopic (exact) mass is 306 g/mol. The van der Waals surface area contributed by atoms with Crippen molar-refractivity contribution in [2.45, 2.75) is 19.8 Å². The van der Waals surface area contributed by atoms with Gasteiger partial charge in [-0.3, -0.25) is 9.59 Å². The van der Waals surface area contributed by atoms with Gasteiger partial charge in [0.05, 0.1) is 13.0 Å². The maximum Gasteiger partial charge on any atom is 0.306 e. The number of esters is 1. The Morgan fingerprint density at radius 1 is 0.870 bits per heavy atom. The van der Waals surface area contributed by atoms with Gasteiger partial charge in [-0.25, -0.2) is 0 Å². The smallest absolute Gasteiger partial charge is 0.306 e. The Balaban J connectivity index is 2.02. The van der Waals surface area contributed by atoms with E-state index in [-0.39, 0.29) is 24.6 Å². The Kier molecular flexibility index (Phi) is 4.38. The third-order valence-electron chi connectivity index (χ3n) is 3.93. The summed E-state index contributed by atoms with van der Waals surface area (Å²) >= 11 is 0. The molecule has 0 radical (unpaired) electrons. The van der Waals surface area contributed by atoms with Gasteiger partial charge in [-0.15, -0.1) is 0 Å². The first-order valence-corrected chi connectivity index (χ1v) is 7.80. The minimum absolute atomic E-state index is 0.0278. The van der Waals surface area contributed by atoms with E-state index in [1.807, 2.05) is 48.5 Å². The molecule has 3 heteroatoms. The molecule has 0 fully saturated rings. The normalized spacial score (nSPS) is 10.8. The number of hydrogen-bond acceptors (Lipinski definition) is 3. The quantitative estimate of drug-likeness (QED) is 0.395. The first kappa shape index (κ1) is 15.2. The van der Waals surface area contributed by atoms with Gasteiger partial charge in [0, 0.05) is 12.0 Å². The van der Waals surface area contributed by atoms with Crippen molar-refractivity contribution in [3.63, 3.8) is 0 Å². The molecule has 3 aromatic rings. The number of hydrogen-bond donors (Lipinski definition) is 0. The van der Waals surface area contributed by atoms with Gasteiger partial charge in [0.25, 0.3) is 0 Å². The number of fused-ring (bicyclic) bond motifs is 3. The van der Waals surface area contributed by atoms with Crippen LogP contribution >= 0.6 is 0 Å². The van der Waals surface area contributed by atoms with E-state index >= 15 is 0 Å². The number of benzene rings is 3. The minimum Gasteiger partial charge on any atom is -0.466 e. The Labute approximate surface area is 134 Å². The number of rotatable bonds is 5. The zero-order valence-corrected chi connectivity index (χ0v) is 13.0. The topological polar surface area (TPSA) is 43.4 Å². The molecule has 0 aliphatic rings. The molecular formula is C20H18O3. The zero-order valence-electron chi connectivity index (χ0n) is 13.0. The lowest BCUT2D eigenvalue weighted by atomic mass is 9.94. The fourth-order valence-corrected chi connectivity index (χ4v) is 2.87. The van der Waals surface area contributed by atoms with E-state index in [0.717, 1.165) is 21.5 Å². The van der Waals surface area contributed by atoms with Crippen LogP contribution in [0.25, 0.3) is 21.5 Å². The summed E-state index contributed by atoms with van der Waals surface area (Å²) in [7, 11) is 0. The van der Waals surface area contributed by atoms with Crippen molar-refractivity contribution >= 4 is 33.3 Å². The Morgan fingerprint density at radius 3 is 2.26 bits per heavy atom. The Morgan fingerprint density at radius 2 is 1.52 bits per heavy atom. The zero-order chi connectivity index (χ0) is 16.2. The van der Waals surface area contributed by atoms with Gasteiger partial charge in [-0.05, 0) is 34.5 Å². The second-order valence-electron chi connectivity index (χ2n) is 5.42. The van der Waals surface area contributed by atoms with Gasteiger partial charge >= 0.3 is 5.97 Å². The third kappa shape index (κ3) is 3.09. The molecule has 0 aliphatic heterocycles. The minimum atomic E-state index is -0.328. The number of carbonyl (C=O) groups excluding carboxylic acids is 2. The van der Waals surface area contributed by atoms with Crippen LogP contribution in [0.2, 0.25) is 0 Å². The van der Waals surface area contributed by atoms with Crippen molar-refractivity contribution < 1.29 is 14.3 Å². The van der Waals surface area contributed by atoms with Gasteiger partial charge in [0.2, 0.25) is 0 Å². The van der Waals surface area contributed by atoms with E-state index in [0.29, 0.717) is 12.2 Å². The largest absolute Gasteiger partial charge is 0.466 e. The fourth-order valence-electron chi connectivity index (χ4n) is 2.87. The summed E-state index contributed by atoms with van der Waals surface area (Å²) in [6.07, 6.45) is 0.287. The molecule has 0 unspecified atom stereocenters. The molecule has 3 rings (SSSR count). The van der Waals surface area contributed by atoms with Gasteiger partial charge in [-0.1, -0.05) is 48.5 Å². The van der Waals surface area contributed by atoms with Crippen LogP contribution in [0, 0.1) is 0 Å². The molecular weight excluding hydrogens is 288 g/mol. The van der Waals surface area contributed by atoms with Crippen molar-refractivity contribution in [1.82, 2.24) is 0 Å². The van der Waals surface area contributed by atoms with E-state index in [1.165, 1.54) is 0 Å². The molecule has 0 amide bonds. The maximum absolute atomic E-state index is 12.6. The molecule has 3 nitrogen and oxygen atoms in total. The van der Waals surface area contributed by atoms with Gasteiger partial charge < -0.3 is 4.74 Å². The number of ether oxygens (including phenoxy) is 1. The highest BCUT2D eigenvalue weighted by molar-refractivity contribution is 6.17. The summed E-state index contributed by atoms with van der Waals surface area (Å²) in [6.45, 7) is 2.10. The Bertz CT molecular complexity index is 880. The van der Waals surface area contributed by atoms with E-state index in [1.54, 1.807) is 6.92 Å². The maximum atomic E-state index is 12.6. The highest BCUT2D eigenvalue weighted by Gasteiger charge is 2.14. The average Bonchev–Trinajstić information content (AvgIpc) is 2.59. The summed E-state index contributed by atoms with van der Waals surface area (Å²) in [5, 5.41) is 4.15. The molecule has 0 saturated carbocycles. The number of Topliss-reactive ketones (excluding diaryl/α,β-unsaturated/α-hetero) is 1. The van der Waals surface area contributed by atoms with Crippen molar-refractivity contribution in [3.8, 4) is 0 Å². The SMILES string of the molecule is CCOC(=O)CCC(=O)c1cc2ccccc2c2ccccc12. The van der Waals surface area contributed by atoms with Crippen LogP contribution in [0.5, 0.6) is 0 Å². The van der Waals surface area contributed by atoms with Crippen molar-refractivity contribution in [3.05, 3.63) is 60.2 Å². The van der Waals surface area contributed by atoms with Crippen LogP contribution in [0.15, 0.2) is 54.6 Å². The second kappa shape index (κ2) is 6.61. The van der Waals surface area contributed by atoms with Crippen LogP contribution in [0.1, 0.15) is 30.1 Å². The predicted octanol–water partition coefficient (Wildman–Crippen LogP) is 4.52. The molecule has 0 aliphatic carbocycles. The standard InChI is InChI=1S/C20H18O3/c1-2-23-20(22)12-11-19(21)18-13-14-7-3-4-8-15(14)16-9-5-6-10-17(16)18/h3-10,13H,2,11-12H2,1H3. The molecule has 116 valence electrons. The lowest BCUT2D eigenvalue weighted by molar-refractivity contribution is -0.143. The van der Waals surface area contributed by atoms with E-state index in [9.17, 15) is 9.59 Å². The summed E-state index contributed by atoms with van der Waals surface area (Å²) in [6, 6.07) is 17.8. The number of ketones is 1. The molecule has 23 heavy (non-hydrogen) atoms. The highest BCUT2D eigenvalue weighted by Crippen LogP contribution is 2.29. The lowest BCUT2D eigenvalue weighted by Crippen LogP contribution is -2.08. The highest BCUT2D eigenvalue weighted by atomic mass is 16.5. The second-order valence-corrected chi connectivity index (χ2v) is 5.42. The number of carbonyl (C=O) groups is 2. The van der Waals surface area contributed by atoms with Crippen LogP contribution in [-0.4, -0.2) is 18.4 Å². The van der Waals surface area contributed by atoms with Crippen molar-refractivity contribution in [2.24, 2.45) is 0 Å². The summed E-state index contributed by atoms with van der Waals surface area (Å²) in [5.74, 6) is -0.356. The van der Waals surface area contributed by atoms with Crippen LogP contribution in [0.4, 0.5) is 0 Å². The molecule has 3 aromatic carbocycles. The van der Waals surface area contributed by atoms with E-state index < -0.39 is 0 Å². The van der Waals surface area contributed by atoms with Crippen molar-refractivity contribution in [1.29, 1.82) is 0 Å². The predicted molar refractivity (Wildman–Crippen MR) is 91.7 cm³/mol. The third-order valence-corrected chi connectivity index (χ3v) is 3.93. The lowest BCUT2D eigenvalue weighted by Gasteiger charge is -2.10. The van der Waals surface area contributed by atoms with Crippen LogP contribution in [-0.2, 0) is 9.53 Å². The molecule has 0 spiro atoms. The summed E-state index contributed by atoms with van der Waals surface area (Å²) in [4.78, 5) is 24.1. The first-order valence-electron chi connectivity index (χ1n) is 7.80. The molecule has 0 heterocycles. The van der Waals surface area contributed by atoms with Crippen molar-refractivity contribution in [2.75, 3.05) is 6.61 Å². The molecule has 0 atom stereocenters. The molecule has 0 aromatic heterocycles. The summed E-state index contributed by atoms with van der Waals surface area (Å²) < 4.78 is 4.89. The van der Waals surface area contributed by atoms with Crippen LogP contribution in [0.3, 0.4) is 0 Å². The first-order chi connectivity index (χ1) is 11.2. The molecule has 0 N–H and O–H groups in total. The van der Waals surface area contributed by atoms with Gasteiger partial charge in [0.1, 0.15) is 0 Å². The Hall–Kier alpha value is -2.68. The van der Waals surface area contributed by atoms with Gasteiger partial charge in [0.15, 0.2) is 5.78 Å². The fraction of sp³-hybridized carbons (Fsp3) is 0.200. The van der Waals surface area contributed by atoms with Crippen LogP contribution < -0.4 is 0 Å². The summed E-state index contributed by atoms with van der Waals surface area (Å²) in [5.41, 5.74) is 0.670. The van der Waals surface area contributed by atoms with E-state index in [4.69, 9.17) is 4.74 Å². The molecule has 0 bridgehead atoms. The van der Waals surface area contributed by atoms with Gasteiger partial charge in [-0.2, -0.15) is 0 Å². The molecule has 0 saturated heterocycles. The average molecular weight is 306 g/mol.